The average molecular weight is 349 g/mol. The molecule has 0 aliphatic carbocycles. The summed E-state index contributed by atoms with van der Waals surface area (Å²) in [6.45, 7) is 4.86. The van der Waals surface area contributed by atoms with E-state index in [0.717, 1.165) is 32.5 Å². The van der Waals surface area contributed by atoms with Crippen LogP contribution in [0.4, 0.5) is 0 Å². The van der Waals surface area contributed by atoms with Crippen LogP contribution in [0.15, 0.2) is 24.5 Å². The molecule has 0 radical (unpaired) electrons. The van der Waals surface area contributed by atoms with E-state index in [1.165, 1.54) is 5.56 Å². The summed E-state index contributed by atoms with van der Waals surface area (Å²) in [7, 11) is 0. The molecule has 1 aromatic rings. The number of likely N-dealkylation sites (tertiary alicyclic amines) is 1. The predicted molar refractivity (Wildman–Crippen MR) is 93.4 cm³/mol. The first-order valence-electron chi connectivity index (χ1n) is 7.29. The van der Waals surface area contributed by atoms with Gasteiger partial charge in [0.1, 0.15) is 0 Å². The Morgan fingerprint density at radius 3 is 2.50 bits per heavy atom. The van der Waals surface area contributed by atoms with Crippen molar-refractivity contribution >= 4 is 30.7 Å². The standard InChI is InChI=1S/C15H24N4O.2ClH/c1-12(16)10-15(20)18-14-4-8-19(9-5-14)11-13-2-6-17-7-3-13;;/h2-3,6-7,12,14H,4-5,8-11,16H2,1H3,(H,18,20);2*1H. The smallest absolute Gasteiger partial charge is 0.221 e. The molecule has 1 atom stereocenters. The van der Waals surface area contributed by atoms with E-state index in [-0.39, 0.29) is 36.8 Å². The molecule has 1 amide bonds. The number of carbonyl (C=O) groups excluding carboxylic acids is 1. The van der Waals surface area contributed by atoms with Gasteiger partial charge in [-0.1, -0.05) is 0 Å². The normalized spacial score (nSPS) is 17.0. The van der Waals surface area contributed by atoms with E-state index < -0.39 is 0 Å². The largest absolute Gasteiger partial charge is 0.353 e. The second-order valence-corrected chi connectivity index (χ2v) is 5.65. The van der Waals surface area contributed by atoms with Crippen molar-refractivity contribution in [2.24, 2.45) is 5.73 Å². The third kappa shape index (κ3) is 7.40. The fraction of sp³-hybridized carbons (Fsp3) is 0.600. The minimum Gasteiger partial charge on any atom is -0.353 e. The molecule has 0 bridgehead atoms. The van der Waals surface area contributed by atoms with E-state index >= 15 is 0 Å². The van der Waals surface area contributed by atoms with Crippen molar-refractivity contribution in [3.63, 3.8) is 0 Å². The molecule has 0 saturated carbocycles. The quantitative estimate of drug-likeness (QED) is 0.850. The first kappa shape index (κ1) is 21.1. The number of rotatable bonds is 5. The molecule has 1 aliphatic rings. The van der Waals surface area contributed by atoms with Gasteiger partial charge in [0.15, 0.2) is 0 Å². The molecule has 2 rings (SSSR count). The molecule has 0 spiro atoms. The zero-order valence-corrected chi connectivity index (χ0v) is 14.5. The van der Waals surface area contributed by atoms with E-state index in [1.807, 2.05) is 19.3 Å². The molecule has 2 heterocycles. The highest BCUT2D eigenvalue weighted by atomic mass is 35.5. The number of nitrogens with two attached hydrogens (primary N) is 1. The third-order valence-corrected chi connectivity index (χ3v) is 3.62. The van der Waals surface area contributed by atoms with Gasteiger partial charge < -0.3 is 11.1 Å². The molecule has 3 N–H and O–H groups in total. The van der Waals surface area contributed by atoms with Crippen LogP contribution >= 0.6 is 24.8 Å². The Morgan fingerprint density at radius 1 is 1.36 bits per heavy atom. The van der Waals surface area contributed by atoms with Crippen LogP contribution in [0.3, 0.4) is 0 Å². The first-order valence-corrected chi connectivity index (χ1v) is 7.29. The van der Waals surface area contributed by atoms with Crippen LogP contribution in [0.5, 0.6) is 0 Å². The van der Waals surface area contributed by atoms with Crippen LogP contribution in [-0.4, -0.2) is 41.0 Å². The van der Waals surface area contributed by atoms with E-state index in [1.54, 1.807) is 0 Å². The molecule has 1 aliphatic heterocycles. The van der Waals surface area contributed by atoms with Crippen LogP contribution in [0.1, 0.15) is 31.7 Å². The van der Waals surface area contributed by atoms with Crippen molar-refractivity contribution in [2.45, 2.75) is 44.8 Å². The fourth-order valence-electron chi connectivity index (χ4n) is 2.56. The number of piperidine rings is 1. The Labute approximate surface area is 144 Å². The summed E-state index contributed by atoms with van der Waals surface area (Å²) in [5, 5.41) is 3.08. The van der Waals surface area contributed by atoms with Crippen molar-refractivity contribution in [1.82, 2.24) is 15.2 Å². The Bertz CT molecular complexity index is 423. The fourth-order valence-corrected chi connectivity index (χ4v) is 2.56. The van der Waals surface area contributed by atoms with Gasteiger partial charge in [-0.25, -0.2) is 0 Å². The van der Waals surface area contributed by atoms with Gasteiger partial charge in [-0.15, -0.1) is 24.8 Å². The number of pyridine rings is 1. The molecule has 22 heavy (non-hydrogen) atoms. The topological polar surface area (TPSA) is 71.2 Å². The number of halogens is 2. The van der Waals surface area contributed by atoms with E-state index in [4.69, 9.17) is 5.73 Å². The van der Waals surface area contributed by atoms with Gasteiger partial charge in [0.2, 0.25) is 5.91 Å². The minimum absolute atomic E-state index is 0. The molecule has 7 heteroatoms. The minimum atomic E-state index is -0.0678. The number of carbonyl (C=O) groups is 1. The lowest BCUT2D eigenvalue weighted by Crippen LogP contribution is -2.45. The van der Waals surface area contributed by atoms with E-state index in [0.29, 0.717) is 12.5 Å². The monoisotopic (exact) mass is 348 g/mol. The number of nitrogens with zero attached hydrogens (tertiary/aromatic N) is 2. The highest BCUT2D eigenvalue weighted by molar-refractivity contribution is 5.85. The number of hydrogen-bond donors (Lipinski definition) is 2. The molecular formula is C15H26Cl2N4O. The Morgan fingerprint density at radius 2 is 1.95 bits per heavy atom. The number of nitrogens with one attached hydrogen (secondary N) is 1. The molecule has 1 aromatic heterocycles. The summed E-state index contributed by atoms with van der Waals surface area (Å²) in [6, 6.07) is 4.34. The molecule has 1 unspecified atom stereocenters. The Hall–Kier alpha value is -0.880. The van der Waals surface area contributed by atoms with Gasteiger partial charge >= 0.3 is 0 Å². The van der Waals surface area contributed by atoms with Crippen molar-refractivity contribution in [2.75, 3.05) is 13.1 Å². The zero-order valence-electron chi connectivity index (χ0n) is 12.9. The number of hydrogen-bond acceptors (Lipinski definition) is 4. The van der Waals surface area contributed by atoms with Crippen LogP contribution in [0.25, 0.3) is 0 Å². The second-order valence-electron chi connectivity index (χ2n) is 5.65. The summed E-state index contributed by atoms with van der Waals surface area (Å²) in [5.41, 5.74) is 6.92. The van der Waals surface area contributed by atoms with Crippen molar-refractivity contribution in [1.29, 1.82) is 0 Å². The maximum absolute atomic E-state index is 11.7. The Balaban J connectivity index is 0.00000220. The van der Waals surface area contributed by atoms with Crippen LogP contribution in [0.2, 0.25) is 0 Å². The molecule has 0 aromatic carbocycles. The highest BCUT2D eigenvalue weighted by Gasteiger charge is 2.20. The lowest BCUT2D eigenvalue weighted by molar-refractivity contribution is -0.122. The van der Waals surface area contributed by atoms with Gasteiger partial charge in [0.25, 0.3) is 0 Å². The van der Waals surface area contributed by atoms with Crippen molar-refractivity contribution in [3.05, 3.63) is 30.1 Å². The maximum atomic E-state index is 11.7. The molecular weight excluding hydrogens is 323 g/mol. The van der Waals surface area contributed by atoms with Crippen molar-refractivity contribution < 1.29 is 4.79 Å². The lowest BCUT2D eigenvalue weighted by atomic mass is 10.0. The zero-order chi connectivity index (χ0) is 14.4. The van der Waals surface area contributed by atoms with Crippen molar-refractivity contribution in [3.8, 4) is 0 Å². The Kier molecular flexibility index (Phi) is 10.3. The molecule has 126 valence electrons. The summed E-state index contributed by atoms with van der Waals surface area (Å²) in [5.74, 6) is 0.0765. The molecule has 5 nitrogen and oxygen atoms in total. The summed E-state index contributed by atoms with van der Waals surface area (Å²) in [6.07, 6.45) is 6.09. The molecule has 1 fully saturated rings. The van der Waals surface area contributed by atoms with Gasteiger partial charge in [-0.3, -0.25) is 14.7 Å². The van der Waals surface area contributed by atoms with Crippen LogP contribution < -0.4 is 11.1 Å². The van der Waals surface area contributed by atoms with Gasteiger partial charge in [-0.05, 0) is 37.5 Å². The lowest BCUT2D eigenvalue weighted by Gasteiger charge is -2.32. The maximum Gasteiger partial charge on any atom is 0.221 e. The number of aromatic nitrogens is 1. The summed E-state index contributed by atoms with van der Waals surface area (Å²) < 4.78 is 0. The van der Waals surface area contributed by atoms with Gasteiger partial charge in [0.05, 0.1) is 0 Å². The third-order valence-electron chi connectivity index (χ3n) is 3.62. The van der Waals surface area contributed by atoms with Gasteiger partial charge in [0, 0.05) is 50.5 Å². The highest BCUT2D eigenvalue weighted by Crippen LogP contribution is 2.13. The number of amides is 1. The van der Waals surface area contributed by atoms with Gasteiger partial charge in [-0.2, -0.15) is 0 Å². The second kappa shape index (κ2) is 10.8. The van der Waals surface area contributed by atoms with E-state index in [9.17, 15) is 4.79 Å². The average Bonchev–Trinajstić information content (AvgIpc) is 2.41. The first-order chi connectivity index (χ1) is 9.63. The predicted octanol–water partition coefficient (Wildman–Crippen LogP) is 1.74. The van der Waals surface area contributed by atoms with E-state index in [2.05, 4.69) is 27.3 Å². The summed E-state index contributed by atoms with van der Waals surface area (Å²) in [4.78, 5) is 18.1. The SMILES string of the molecule is CC(N)CC(=O)NC1CCN(Cc2ccncc2)CC1.Cl.Cl. The summed E-state index contributed by atoms with van der Waals surface area (Å²) >= 11 is 0. The van der Waals surface area contributed by atoms with Crippen LogP contribution in [0, 0.1) is 0 Å². The molecule has 1 saturated heterocycles. The van der Waals surface area contributed by atoms with Crippen LogP contribution in [-0.2, 0) is 11.3 Å².